The third-order valence-electron chi connectivity index (χ3n) is 2.71. The van der Waals surface area contributed by atoms with E-state index in [1.807, 2.05) is 13.0 Å². The van der Waals surface area contributed by atoms with Crippen molar-refractivity contribution in [2.24, 2.45) is 0 Å². The van der Waals surface area contributed by atoms with Gasteiger partial charge < -0.3 is 10.6 Å². The highest BCUT2D eigenvalue weighted by atomic mass is 79.9. The molecule has 0 fully saturated rings. The van der Waals surface area contributed by atoms with E-state index in [-0.39, 0.29) is 11.9 Å². The standard InChI is InChI=1S/C12H15BrN2O/c1-3-8-5-9(13)12-10(6-8)15-11(16)4-7(2)14-12/h5-7,14H,3-4H2,1-2H3,(H,15,16)/t7-/m1/s1. The molecule has 0 spiro atoms. The zero-order chi connectivity index (χ0) is 11.7. The van der Waals surface area contributed by atoms with Gasteiger partial charge in [-0.25, -0.2) is 0 Å². The molecule has 0 aromatic heterocycles. The topological polar surface area (TPSA) is 41.1 Å². The number of carbonyl (C=O) groups is 1. The van der Waals surface area contributed by atoms with E-state index in [0.29, 0.717) is 6.42 Å². The third kappa shape index (κ3) is 2.21. The van der Waals surface area contributed by atoms with Gasteiger partial charge in [0.05, 0.1) is 11.4 Å². The van der Waals surface area contributed by atoms with Crippen molar-refractivity contribution in [3.63, 3.8) is 0 Å². The fourth-order valence-corrected chi connectivity index (χ4v) is 2.51. The number of benzene rings is 1. The molecule has 0 bridgehead atoms. The first-order chi connectivity index (χ1) is 7.60. The first-order valence-corrected chi connectivity index (χ1v) is 6.28. The number of amides is 1. The third-order valence-corrected chi connectivity index (χ3v) is 3.34. The van der Waals surface area contributed by atoms with Gasteiger partial charge in [0.2, 0.25) is 5.91 Å². The summed E-state index contributed by atoms with van der Waals surface area (Å²) in [6, 6.07) is 4.28. The highest BCUT2D eigenvalue weighted by Crippen LogP contribution is 2.35. The highest BCUT2D eigenvalue weighted by Gasteiger charge is 2.19. The van der Waals surface area contributed by atoms with Crippen LogP contribution in [0.15, 0.2) is 16.6 Å². The summed E-state index contributed by atoms with van der Waals surface area (Å²) < 4.78 is 1.01. The molecule has 0 saturated carbocycles. The van der Waals surface area contributed by atoms with Crippen molar-refractivity contribution in [3.05, 3.63) is 22.2 Å². The predicted molar refractivity (Wildman–Crippen MR) is 69.9 cm³/mol. The van der Waals surface area contributed by atoms with Gasteiger partial charge in [-0.1, -0.05) is 6.92 Å². The molecule has 16 heavy (non-hydrogen) atoms. The fourth-order valence-electron chi connectivity index (χ4n) is 1.89. The van der Waals surface area contributed by atoms with E-state index in [4.69, 9.17) is 0 Å². The number of halogens is 1. The van der Waals surface area contributed by atoms with Crippen LogP contribution in [-0.4, -0.2) is 11.9 Å². The maximum absolute atomic E-state index is 11.6. The Bertz CT molecular complexity index is 431. The molecule has 1 atom stereocenters. The summed E-state index contributed by atoms with van der Waals surface area (Å²) in [5, 5.41) is 6.28. The van der Waals surface area contributed by atoms with Crippen LogP contribution in [0.1, 0.15) is 25.8 Å². The van der Waals surface area contributed by atoms with E-state index < -0.39 is 0 Å². The molecule has 2 N–H and O–H groups in total. The maximum atomic E-state index is 11.6. The summed E-state index contributed by atoms with van der Waals surface area (Å²) in [6.07, 6.45) is 1.46. The average molecular weight is 283 g/mol. The number of rotatable bonds is 1. The second-order valence-electron chi connectivity index (χ2n) is 4.15. The Labute approximate surface area is 104 Å². The average Bonchev–Trinajstić information content (AvgIpc) is 2.35. The Kier molecular flexibility index (Phi) is 3.19. The van der Waals surface area contributed by atoms with Crippen LogP contribution < -0.4 is 10.6 Å². The maximum Gasteiger partial charge on any atom is 0.226 e. The Morgan fingerprint density at radius 1 is 1.50 bits per heavy atom. The van der Waals surface area contributed by atoms with Crippen LogP contribution in [0.4, 0.5) is 11.4 Å². The number of hydrogen-bond donors (Lipinski definition) is 2. The fraction of sp³-hybridized carbons (Fsp3) is 0.417. The van der Waals surface area contributed by atoms with E-state index in [2.05, 4.69) is 39.6 Å². The number of fused-ring (bicyclic) bond motifs is 1. The summed E-state index contributed by atoms with van der Waals surface area (Å²) in [5.74, 6) is 0.0684. The zero-order valence-corrected chi connectivity index (χ0v) is 11.0. The Hall–Kier alpha value is -1.03. The Morgan fingerprint density at radius 3 is 2.94 bits per heavy atom. The molecule has 1 aliphatic rings. The summed E-state index contributed by atoms with van der Waals surface area (Å²) in [6.45, 7) is 4.11. The molecule has 1 aromatic carbocycles. The van der Waals surface area contributed by atoms with Crippen LogP contribution in [0.5, 0.6) is 0 Å². The van der Waals surface area contributed by atoms with E-state index in [1.54, 1.807) is 0 Å². The summed E-state index contributed by atoms with van der Waals surface area (Å²) in [4.78, 5) is 11.6. The van der Waals surface area contributed by atoms with Crippen molar-refractivity contribution in [3.8, 4) is 0 Å². The van der Waals surface area contributed by atoms with Crippen LogP contribution >= 0.6 is 15.9 Å². The molecule has 86 valence electrons. The first-order valence-electron chi connectivity index (χ1n) is 5.49. The number of anilines is 2. The summed E-state index contributed by atoms with van der Waals surface area (Å²) >= 11 is 3.54. The molecule has 1 aliphatic heterocycles. The molecule has 1 aromatic rings. The van der Waals surface area contributed by atoms with Gasteiger partial charge >= 0.3 is 0 Å². The normalized spacial score (nSPS) is 19.4. The number of nitrogens with one attached hydrogen (secondary N) is 2. The largest absolute Gasteiger partial charge is 0.379 e. The quantitative estimate of drug-likeness (QED) is 0.831. The number of hydrogen-bond acceptors (Lipinski definition) is 2. The number of carbonyl (C=O) groups excluding carboxylic acids is 1. The molecule has 2 rings (SSSR count). The second-order valence-corrected chi connectivity index (χ2v) is 5.01. The zero-order valence-electron chi connectivity index (χ0n) is 9.43. The Morgan fingerprint density at radius 2 is 2.25 bits per heavy atom. The van der Waals surface area contributed by atoms with E-state index in [0.717, 1.165) is 22.3 Å². The van der Waals surface area contributed by atoms with Crippen molar-refractivity contribution in [2.75, 3.05) is 10.6 Å². The van der Waals surface area contributed by atoms with Gasteiger partial charge in [0, 0.05) is 16.9 Å². The van der Waals surface area contributed by atoms with Gasteiger partial charge in [-0.2, -0.15) is 0 Å². The SMILES string of the molecule is CCc1cc(Br)c2c(c1)NC(=O)C[C@@H](C)N2. The van der Waals surface area contributed by atoms with Crippen LogP contribution in [0.2, 0.25) is 0 Å². The molecule has 1 amide bonds. The summed E-state index contributed by atoms with van der Waals surface area (Å²) in [5.41, 5.74) is 3.07. The van der Waals surface area contributed by atoms with Gasteiger partial charge in [0.15, 0.2) is 0 Å². The number of aryl methyl sites for hydroxylation is 1. The lowest BCUT2D eigenvalue weighted by Crippen LogP contribution is -2.18. The molecule has 0 radical (unpaired) electrons. The van der Waals surface area contributed by atoms with Crippen molar-refractivity contribution in [2.45, 2.75) is 32.7 Å². The minimum Gasteiger partial charge on any atom is -0.379 e. The molecule has 3 nitrogen and oxygen atoms in total. The Balaban J connectivity index is 2.48. The molecular formula is C12H15BrN2O. The van der Waals surface area contributed by atoms with E-state index >= 15 is 0 Å². The molecule has 0 saturated heterocycles. The summed E-state index contributed by atoms with van der Waals surface area (Å²) in [7, 11) is 0. The van der Waals surface area contributed by atoms with E-state index in [9.17, 15) is 4.79 Å². The van der Waals surface area contributed by atoms with Crippen LogP contribution in [0, 0.1) is 0 Å². The molecule has 4 heteroatoms. The lowest BCUT2D eigenvalue weighted by Gasteiger charge is -2.14. The van der Waals surface area contributed by atoms with Crippen molar-refractivity contribution in [1.82, 2.24) is 0 Å². The monoisotopic (exact) mass is 282 g/mol. The minimum atomic E-state index is 0.0684. The van der Waals surface area contributed by atoms with Crippen molar-refractivity contribution in [1.29, 1.82) is 0 Å². The smallest absolute Gasteiger partial charge is 0.226 e. The molecule has 1 heterocycles. The molecule has 0 unspecified atom stereocenters. The van der Waals surface area contributed by atoms with Crippen LogP contribution in [0.3, 0.4) is 0 Å². The van der Waals surface area contributed by atoms with E-state index in [1.165, 1.54) is 5.56 Å². The van der Waals surface area contributed by atoms with Gasteiger partial charge in [0.1, 0.15) is 0 Å². The van der Waals surface area contributed by atoms with Gasteiger partial charge in [-0.3, -0.25) is 4.79 Å². The van der Waals surface area contributed by atoms with Crippen molar-refractivity contribution >= 4 is 33.2 Å². The van der Waals surface area contributed by atoms with Gasteiger partial charge in [-0.05, 0) is 47.0 Å². The second kappa shape index (κ2) is 4.45. The van der Waals surface area contributed by atoms with Crippen LogP contribution in [0.25, 0.3) is 0 Å². The minimum absolute atomic E-state index is 0.0684. The first kappa shape index (κ1) is 11.5. The van der Waals surface area contributed by atoms with Crippen molar-refractivity contribution < 1.29 is 4.79 Å². The lowest BCUT2D eigenvalue weighted by atomic mass is 10.1. The molecule has 0 aliphatic carbocycles. The molecular weight excluding hydrogens is 268 g/mol. The highest BCUT2D eigenvalue weighted by molar-refractivity contribution is 9.10. The van der Waals surface area contributed by atoms with Gasteiger partial charge in [0.25, 0.3) is 0 Å². The van der Waals surface area contributed by atoms with Crippen LogP contribution in [-0.2, 0) is 11.2 Å². The van der Waals surface area contributed by atoms with Gasteiger partial charge in [-0.15, -0.1) is 0 Å². The lowest BCUT2D eigenvalue weighted by molar-refractivity contribution is -0.116. The predicted octanol–water partition coefficient (Wildman–Crippen LogP) is 3.15.